The zero-order chi connectivity index (χ0) is 13.1. The van der Waals surface area contributed by atoms with Crippen LogP contribution in [0, 0.1) is 6.92 Å². The van der Waals surface area contributed by atoms with Crippen molar-refractivity contribution in [1.29, 1.82) is 0 Å². The number of hydrogen-bond donors (Lipinski definition) is 1. The van der Waals surface area contributed by atoms with E-state index in [1.807, 2.05) is 12.3 Å². The molecule has 0 spiro atoms. The average molecular weight is 270 g/mol. The topological polar surface area (TPSA) is 62.5 Å². The molecule has 0 saturated carbocycles. The van der Waals surface area contributed by atoms with Crippen LogP contribution in [0.25, 0.3) is 0 Å². The summed E-state index contributed by atoms with van der Waals surface area (Å²) < 4.78 is 1.71. The van der Waals surface area contributed by atoms with Gasteiger partial charge in [-0.3, -0.25) is 9.59 Å². The van der Waals surface area contributed by atoms with Crippen molar-refractivity contribution in [1.82, 2.24) is 9.47 Å². The van der Waals surface area contributed by atoms with E-state index in [9.17, 15) is 14.7 Å². The Morgan fingerprint density at radius 2 is 2.39 bits per heavy atom. The Balaban J connectivity index is 1.79. The summed E-state index contributed by atoms with van der Waals surface area (Å²) in [7, 11) is 0. The van der Waals surface area contributed by atoms with Crippen LogP contribution in [0.3, 0.4) is 0 Å². The summed E-state index contributed by atoms with van der Waals surface area (Å²) in [5.41, 5.74) is 0.953. The van der Waals surface area contributed by atoms with Gasteiger partial charge in [0.25, 0.3) is 0 Å². The van der Waals surface area contributed by atoms with Crippen LogP contribution in [-0.2, 0) is 11.3 Å². The van der Waals surface area contributed by atoms with Gasteiger partial charge in [0.2, 0.25) is 5.91 Å². The van der Waals surface area contributed by atoms with Gasteiger partial charge in [-0.2, -0.15) is 0 Å². The second kappa shape index (κ2) is 5.67. The number of rotatable bonds is 4. The average Bonchev–Trinajstić information content (AvgIpc) is 2.89. The number of aromatic nitrogens is 1. The molecule has 2 rings (SSSR count). The molecule has 2 heterocycles. The molecule has 1 aromatic rings. The smallest absolute Gasteiger partial charge is 0.307 e. The van der Waals surface area contributed by atoms with Gasteiger partial charge in [0.05, 0.1) is 6.10 Å². The molecule has 1 atom stereocenters. The third kappa shape index (κ3) is 3.00. The maximum Gasteiger partial charge on any atom is 0.307 e. The van der Waals surface area contributed by atoms with Crippen molar-refractivity contribution >= 4 is 17.2 Å². The van der Waals surface area contributed by atoms with Gasteiger partial charge in [-0.25, -0.2) is 0 Å². The fourth-order valence-electron chi connectivity index (χ4n) is 2.19. The number of aliphatic hydroxyl groups excluding tert-OH is 1. The first-order chi connectivity index (χ1) is 8.58. The lowest BCUT2D eigenvalue weighted by molar-refractivity contribution is -0.130. The highest BCUT2D eigenvalue weighted by molar-refractivity contribution is 7.07. The molecule has 0 radical (unpaired) electrons. The summed E-state index contributed by atoms with van der Waals surface area (Å²) in [6, 6.07) is 0. The molecule has 1 saturated heterocycles. The number of carbonyl (C=O) groups excluding carboxylic acids is 1. The van der Waals surface area contributed by atoms with Crippen LogP contribution in [-0.4, -0.2) is 39.7 Å². The van der Waals surface area contributed by atoms with Gasteiger partial charge in [-0.15, -0.1) is 0 Å². The van der Waals surface area contributed by atoms with Crippen molar-refractivity contribution in [2.45, 2.75) is 38.8 Å². The summed E-state index contributed by atoms with van der Waals surface area (Å²) >= 11 is 1.19. The number of hydrogen-bond acceptors (Lipinski definition) is 4. The molecule has 0 aromatic carbocycles. The Hall–Kier alpha value is -1.14. The normalized spacial score (nSPS) is 19.4. The van der Waals surface area contributed by atoms with Crippen molar-refractivity contribution in [2.24, 2.45) is 0 Å². The van der Waals surface area contributed by atoms with Crippen LogP contribution < -0.4 is 4.87 Å². The van der Waals surface area contributed by atoms with E-state index in [4.69, 9.17) is 0 Å². The van der Waals surface area contributed by atoms with Gasteiger partial charge >= 0.3 is 4.87 Å². The number of aliphatic hydroxyl groups is 1. The van der Waals surface area contributed by atoms with Crippen molar-refractivity contribution in [2.75, 3.05) is 13.1 Å². The molecule has 1 aromatic heterocycles. The van der Waals surface area contributed by atoms with Crippen molar-refractivity contribution in [3.63, 3.8) is 0 Å². The zero-order valence-electron chi connectivity index (χ0n) is 10.5. The molecular weight excluding hydrogens is 252 g/mol. The fourth-order valence-corrected chi connectivity index (χ4v) is 2.95. The van der Waals surface area contributed by atoms with Crippen LogP contribution in [0.1, 0.15) is 25.0 Å². The number of thiazole rings is 1. The molecule has 0 bridgehead atoms. The summed E-state index contributed by atoms with van der Waals surface area (Å²) in [6.45, 7) is 3.60. The zero-order valence-corrected chi connectivity index (χ0v) is 11.3. The van der Waals surface area contributed by atoms with Gasteiger partial charge in [0.1, 0.15) is 0 Å². The molecule has 0 aliphatic carbocycles. The molecule has 6 heteroatoms. The highest BCUT2D eigenvalue weighted by Crippen LogP contribution is 2.11. The Morgan fingerprint density at radius 1 is 1.61 bits per heavy atom. The first-order valence-electron chi connectivity index (χ1n) is 6.18. The number of amides is 1. The lowest BCUT2D eigenvalue weighted by Gasteiger charge is -2.15. The second-order valence-corrected chi connectivity index (χ2v) is 5.50. The summed E-state index contributed by atoms with van der Waals surface area (Å²) in [5.74, 6) is 0.0764. The quantitative estimate of drug-likeness (QED) is 0.871. The predicted octanol–water partition coefficient (Wildman–Crippen LogP) is 0.592. The number of nitrogens with zero attached hydrogens (tertiary/aromatic N) is 2. The summed E-state index contributed by atoms with van der Waals surface area (Å²) in [4.78, 5) is 25.0. The van der Waals surface area contributed by atoms with E-state index in [0.717, 1.165) is 5.69 Å². The summed E-state index contributed by atoms with van der Waals surface area (Å²) in [5, 5.41) is 11.2. The molecule has 1 amide bonds. The first kappa shape index (κ1) is 13.3. The number of aryl methyl sites for hydroxylation is 1. The Bertz CT molecular complexity index is 480. The largest absolute Gasteiger partial charge is 0.391 e. The van der Waals surface area contributed by atoms with Gasteiger partial charge in [0.15, 0.2) is 0 Å². The van der Waals surface area contributed by atoms with Crippen LogP contribution in [0.2, 0.25) is 0 Å². The van der Waals surface area contributed by atoms with E-state index in [-0.39, 0.29) is 16.9 Å². The second-order valence-electron chi connectivity index (χ2n) is 4.68. The van der Waals surface area contributed by atoms with Gasteiger partial charge < -0.3 is 14.6 Å². The minimum Gasteiger partial charge on any atom is -0.391 e. The number of β-amino-alcohol motifs (C(OH)–C–C–N with tert-alkyl or cyclic N) is 1. The molecule has 1 N–H and O–H groups in total. The molecule has 1 aliphatic heterocycles. The van der Waals surface area contributed by atoms with Crippen LogP contribution >= 0.6 is 11.3 Å². The summed E-state index contributed by atoms with van der Waals surface area (Å²) in [6.07, 6.45) is 1.42. The Kier molecular flexibility index (Phi) is 4.19. The number of carbonyl (C=O) groups is 1. The lowest BCUT2D eigenvalue weighted by atomic mass is 10.2. The van der Waals surface area contributed by atoms with Crippen molar-refractivity contribution < 1.29 is 9.90 Å². The van der Waals surface area contributed by atoms with Crippen LogP contribution in [0.4, 0.5) is 0 Å². The third-order valence-electron chi connectivity index (χ3n) is 3.26. The molecule has 1 aliphatic rings. The van der Waals surface area contributed by atoms with E-state index in [1.54, 1.807) is 9.47 Å². The number of likely N-dealkylation sites (tertiary alicyclic amines) is 1. The Morgan fingerprint density at radius 3 is 2.94 bits per heavy atom. The predicted molar refractivity (Wildman–Crippen MR) is 69.8 cm³/mol. The lowest BCUT2D eigenvalue weighted by Crippen LogP contribution is -2.29. The van der Waals surface area contributed by atoms with Gasteiger partial charge in [-0.05, 0) is 19.8 Å². The first-order valence-corrected chi connectivity index (χ1v) is 7.06. The molecular formula is C12H18N2O3S. The fraction of sp³-hybridized carbons (Fsp3) is 0.667. The molecule has 18 heavy (non-hydrogen) atoms. The highest BCUT2D eigenvalue weighted by atomic mass is 32.1. The van der Waals surface area contributed by atoms with Crippen LogP contribution in [0.5, 0.6) is 0 Å². The van der Waals surface area contributed by atoms with E-state index in [1.165, 1.54) is 11.3 Å². The third-order valence-corrected chi connectivity index (χ3v) is 4.15. The molecule has 1 fully saturated rings. The van der Waals surface area contributed by atoms with Crippen molar-refractivity contribution in [3.8, 4) is 0 Å². The van der Waals surface area contributed by atoms with Gasteiger partial charge in [0, 0.05) is 37.1 Å². The van der Waals surface area contributed by atoms with Crippen molar-refractivity contribution in [3.05, 3.63) is 20.7 Å². The van der Waals surface area contributed by atoms with E-state index >= 15 is 0 Å². The minimum atomic E-state index is -0.365. The monoisotopic (exact) mass is 270 g/mol. The van der Waals surface area contributed by atoms with E-state index in [2.05, 4.69) is 0 Å². The molecule has 100 valence electrons. The molecule has 5 nitrogen and oxygen atoms in total. The van der Waals surface area contributed by atoms with E-state index in [0.29, 0.717) is 38.9 Å². The standard InChI is InChI=1S/C12H18N2O3S/c1-9-8-18-12(17)14(9)5-2-3-11(16)13-6-4-10(15)7-13/h8,10,15H,2-7H2,1H3/t10-/m0/s1. The maximum absolute atomic E-state index is 11.8. The van der Waals surface area contributed by atoms with Crippen LogP contribution in [0.15, 0.2) is 10.2 Å². The molecule has 0 unspecified atom stereocenters. The SMILES string of the molecule is Cc1csc(=O)n1CCCC(=O)N1CC[C@H](O)C1. The van der Waals surface area contributed by atoms with Gasteiger partial charge in [-0.1, -0.05) is 11.3 Å². The highest BCUT2D eigenvalue weighted by Gasteiger charge is 2.23. The van der Waals surface area contributed by atoms with E-state index < -0.39 is 0 Å². The minimum absolute atomic E-state index is 0.0385. The Labute approximate surface area is 110 Å². The maximum atomic E-state index is 11.8.